The van der Waals surface area contributed by atoms with Crippen LogP contribution in [0.4, 0.5) is 4.79 Å². The summed E-state index contributed by atoms with van der Waals surface area (Å²) >= 11 is 0. The summed E-state index contributed by atoms with van der Waals surface area (Å²) in [5, 5.41) is 11.4. The van der Waals surface area contributed by atoms with Crippen LogP contribution < -0.4 is 5.32 Å². The average molecular weight is 268 g/mol. The number of nitrogens with zero attached hydrogens (tertiary/aromatic N) is 1. The Balaban J connectivity index is 1.75. The molecule has 0 aromatic heterocycles. The van der Waals surface area contributed by atoms with Crippen LogP contribution in [0.1, 0.15) is 45.4 Å². The lowest BCUT2D eigenvalue weighted by atomic mass is 9.59. The first kappa shape index (κ1) is 14.2. The van der Waals surface area contributed by atoms with Crippen LogP contribution in [0.15, 0.2) is 0 Å². The van der Waals surface area contributed by atoms with E-state index in [0.717, 1.165) is 25.4 Å². The second-order valence-electron chi connectivity index (χ2n) is 6.06. The predicted octanol–water partition coefficient (Wildman–Crippen LogP) is 2.07. The van der Waals surface area contributed by atoms with Crippen molar-refractivity contribution >= 4 is 12.0 Å². The summed E-state index contributed by atoms with van der Waals surface area (Å²) in [4.78, 5) is 24.4. The maximum atomic E-state index is 12.0. The molecule has 0 aromatic carbocycles. The van der Waals surface area contributed by atoms with E-state index in [2.05, 4.69) is 12.2 Å². The van der Waals surface area contributed by atoms with Crippen molar-refractivity contribution in [3.63, 3.8) is 0 Å². The van der Waals surface area contributed by atoms with E-state index in [1.54, 1.807) is 0 Å². The van der Waals surface area contributed by atoms with Gasteiger partial charge in [-0.1, -0.05) is 13.3 Å². The number of carboxylic acid groups (broad SMARTS) is 1. The Morgan fingerprint density at radius 1 is 1.42 bits per heavy atom. The van der Waals surface area contributed by atoms with Gasteiger partial charge in [0.1, 0.15) is 0 Å². The van der Waals surface area contributed by atoms with Gasteiger partial charge in [0.05, 0.1) is 0 Å². The molecule has 5 heteroatoms. The number of aliphatic carboxylic acids is 1. The quantitative estimate of drug-likeness (QED) is 0.767. The van der Waals surface area contributed by atoms with E-state index in [9.17, 15) is 9.59 Å². The zero-order valence-corrected chi connectivity index (χ0v) is 11.7. The molecular weight excluding hydrogens is 244 g/mol. The van der Waals surface area contributed by atoms with Crippen LogP contribution in [0.2, 0.25) is 0 Å². The number of piperidine rings is 1. The molecule has 1 aliphatic heterocycles. The molecule has 1 spiro atoms. The van der Waals surface area contributed by atoms with Gasteiger partial charge in [0.2, 0.25) is 0 Å². The van der Waals surface area contributed by atoms with Gasteiger partial charge in [0.25, 0.3) is 0 Å². The molecule has 2 rings (SSSR count). The molecule has 1 saturated heterocycles. The normalized spacial score (nSPS) is 24.9. The number of likely N-dealkylation sites (tertiary alicyclic amines) is 1. The molecular formula is C14H24N2O3. The average Bonchev–Trinajstić information content (AvgIpc) is 2.32. The maximum Gasteiger partial charge on any atom is 0.317 e. The Hall–Kier alpha value is -1.26. The molecule has 108 valence electrons. The Labute approximate surface area is 114 Å². The number of carbonyl (C=O) groups is 2. The van der Waals surface area contributed by atoms with E-state index in [1.807, 2.05) is 4.90 Å². The van der Waals surface area contributed by atoms with Crippen LogP contribution in [0.25, 0.3) is 0 Å². The molecule has 19 heavy (non-hydrogen) atoms. The Kier molecular flexibility index (Phi) is 4.32. The lowest BCUT2D eigenvalue weighted by Gasteiger charge is -2.53. The summed E-state index contributed by atoms with van der Waals surface area (Å²) in [5.41, 5.74) is 0.372. The van der Waals surface area contributed by atoms with Crippen LogP contribution in [0.5, 0.6) is 0 Å². The lowest BCUT2D eigenvalue weighted by molar-refractivity contribution is -0.137. The van der Waals surface area contributed by atoms with E-state index >= 15 is 0 Å². The highest BCUT2D eigenvalue weighted by Crippen LogP contribution is 2.50. The molecule has 1 unspecified atom stereocenters. The molecule has 1 aliphatic carbocycles. The topological polar surface area (TPSA) is 69.6 Å². The summed E-state index contributed by atoms with van der Waals surface area (Å²) in [6.07, 6.45) is 5.48. The van der Waals surface area contributed by atoms with Crippen LogP contribution in [0, 0.1) is 11.3 Å². The minimum atomic E-state index is -0.811. The second kappa shape index (κ2) is 5.80. The second-order valence-corrected chi connectivity index (χ2v) is 6.06. The third-order valence-corrected chi connectivity index (χ3v) is 4.86. The Bertz CT molecular complexity index is 353. The first-order chi connectivity index (χ1) is 9.03. The van der Waals surface area contributed by atoms with E-state index in [1.165, 1.54) is 19.3 Å². The van der Waals surface area contributed by atoms with Crippen LogP contribution >= 0.6 is 0 Å². The third kappa shape index (κ3) is 3.19. The van der Waals surface area contributed by atoms with Gasteiger partial charge >= 0.3 is 12.0 Å². The van der Waals surface area contributed by atoms with E-state index in [0.29, 0.717) is 18.4 Å². The van der Waals surface area contributed by atoms with Crippen molar-refractivity contribution in [1.82, 2.24) is 10.2 Å². The summed E-state index contributed by atoms with van der Waals surface area (Å²) in [5.74, 6) is -0.0909. The number of carbonyl (C=O) groups excluding carboxylic acids is 1. The fourth-order valence-corrected chi connectivity index (χ4v) is 3.27. The minimum Gasteiger partial charge on any atom is -0.481 e. The number of amides is 2. The van der Waals surface area contributed by atoms with Gasteiger partial charge in [-0.25, -0.2) is 4.79 Å². The van der Waals surface area contributed by atoms with Crippen molar-refractivity contribution in [2.75, 3.05) is 19.6 Å². The molecule has 2 N–H and O–H groups in total. The van der Waals surface area contributed by atoms with Gasteiger partial charge in [-0.15, -0.1) is 0 Å². The highest BCUT2D eigenvalue weighted by atomic mass is 16.4. The van der Waals surface area contributed by atoms with Crippen molar-refractivity contribution in [3.8, 4) is 0 Å². The molecule has 0 bridgehead atoms. The molecule has 0 radical (unpaired) electrons. The SMILES string of the molecule is CC1CCN(C(=O)NCCCC(=O)O)CC12CCC2. The highest BCUT2D eigenvalue weighted by molar-refractivity contribution is 5.74. The summed E-state index contributed by atoms with van der Waals surface area (Å²) in [7, 11) is 0. The molecule has 2 amide bonds. The van der Waals surface area contributed by atoms with Crippen LogP contribution in [0.3, 0.4) is 0 Å². The predicted molar refractivity (Wildman–Crippen MR) is 71.9 cm³/mol. The van der Waals surface area contributed by atoms with Gasteiger partial charge in [-0.2, -0.15) is 0 Å². The van der Waals surface area contributed by atoms with Gasteiger partial charge in [-0.05, 0) is 37.0 Å². The minimum absolute atomic E-state index is 0.0245. The zero-order chi connectivity index (χ0) is 13.9. The standard InChI is InChI=1S/C14H24N2O3/c1-11-5-9-16(10-14(11)6-3-7-14)13(19)15-8-2-4-12(17)18/h11H,2-10H2,1H3,(H,15,19)(H,17,18). The molecule has 1 saturated carbocycles. The summed E-state index contributed by atoms with van der Waals surface area (Å²) < 4.78 is 0. The molecule has 2 aliphatic rings. The number of hydrogen-bond acceptors (Lipinski definition) is 2. The van der Waals surface area contributed by atoms with E-state index < -0.39 is 5.97 Å². The van der Waals surface area contributed by atoms with Crippen molar-refractivity contribution in [2.45, 2.75) is 45.4 Å². The maximum absolute atomic E-state index is 12.0. The Morgan fingerprint density at radius 2 is 2.16 bits per heavy atom. The first-order valence-electron chi connectivity index (χ1n) is 7.28. The molecule has 1 atom stereocenters. The monoisotopic (exact) mass is 268 g/mol. The molecule has 0 aromatic rings. The van der Waals surface area contributed by atoms with Crippen molar-refractivity contribution in [2.24, 2.45) is 11.3 Å². The largest absolute Gasteiger partial charge is 0.481 e. The van der Waals surface area contributed by atoms with Gasteiger partial charge in [-0.3, -0.25) is 4.79 Å². The third-order valence-electron chi connectivity index (χ3n) is 4.86. The van der Waals surface area contributed by atoms with Crippen LogP contribution in [-0.2, 0) is 4.79 Å². The van der Waals surface area contributed by atoms with Crippen molar-refractivity contribution in [1.29, 1.82) is 0 Å². The summed E-state index contributed by atoms with van der Waals surface area (Å²) in [6.45, 7) is 4.46. The van der Waals surface area contributed by atoms with E-state index in [4.69, 9.17) is 5.11 Å². The Morgan fingerprint density at radius 3 is 2.74 bits per heavy atom. The molecule has 1 heterocycles. The number of rotatable bonds is 4. The van der Waals surface area contributed by atoms with Gasteiger partial charge in [0.15, 0.2) is 0 Å². The fraction of sp³-hybridized carbons (Fsp3) is 0.857. The number of carboxylic acids is 1. The van der Waals surface area contributed by atoms with Crippen LogP contribution in [-0.4, -0.2) is 41.6 Å². The van der Waals surface area contributed by atoms with Crippen molar-refractivity contribution < 1.29 is 14.7 Å². The molecule has 2 fully saturated rings. The van der Waals surface area contributed by atoms with Gasteiger partial charge < -0.3 is 15.3 Å². The number of nitrogens with one attached hydrogen (secondary N) is 1. The van der Waals surface area contributed by atoms with Gasteiger partial charge in [0, 0.05) is 26.1 Å². The zero-order valence-electron chi connectivity index (χ0n) is 11.7. The smallest absolute Gasteiger partial charge is 0.317 e. The number of urea groups is 1. The first-order valence-corrected chi connectivity index (χ1v) is 7.28. The van der Waals surface area contributed by atoms with Crippen molar-refractivity contribution in [3.05, 3.63) is 0 Å². The molecule has 5 nitrogen and oxygen atoms in total. The number of hydrogen-bond donors (Lipinski definition) is 2. The highest BCUT2D eigenvalue weighted by Gasteiger charge is 2.46. The summed E-state index contributed by atoms with van der Waals surface area (Å²) in [6, 6.07) is -0.0245. The van der Waals surface area contributed by atoms with E-state index in [-0.39, 0.29) is 12.5 Å². The fourth-order valence-electron chi connectivity index (χ4n) is 3.27. The lowest BCUT2D eigenvalue weighted by Crippen LogP contribution is -2.55.